The predicted octanol–water partition coefficient (Wildman–Crippen LogP) is 3.44. The molecule has 0 spiro atoms. The summed E-state index contributed by atoms with van der Waals surface area (Å²) in [6.45, 7) is 7.89. The summed E-state index contributed by atoms with van der Waals surface area (Å²) in [5.74, 6) is 0.154. The van der Waals surface area contributed by atoms with Gasteiger partial charge in [0.2, 0.25) is 11.7 Å². The standard InChI is InChI=1S/C15H17NO3/c1-5-18-15(17)13-11(4)16-14(19-13)12-7-6-9(2)10(3)8-12/h6-8H,5H2,1-4H3. The highest BCUT2D eigenvalue weighted by Gasteiger charge is 2.19. The molecule has 0 aliphatic rings. The van der Waals surface area contributed by atoms with E-state index in [9.17, 15) is 4.79 Å². The molecule has 0 saturated carbocycles. The Hall–Kier alpha value is -2.10. The number of benzene rings is 1. The van der Waals surface area contributed by atoms with Crippen LogP contribution in [0.5, 0.6) is 0 Å². The van der Waals surface area contributed by atoms with Crippen molar-refractivity contribution < 1.29 is 13.9 Å². The van der Waals surface area contributed by atoms with Crippen molar-refractivity contribution in [1.29, 1.82) is 0 Å². The van der Waals surface area contributed by atoms with Crippen molar-refractivity contribution in [2.45, 2.75) is 27.7 Å². The van der Waals surface area contributed by atoms with E-state index in [4.69, 9.17) is 9.15 Å². The average Bonchev–Trinajstić information content (AvgIpc) is 2.75. The van der Waals surface area contributed by atoms with Crippen molar-refractivity contribution >= 4 is 5.97 Å². The lowest BCUT2D eigenvalue weighted by molar-refractivity contribution is 0.0490. The maximum absolute atomic E-state index is 11.7. The van der Waals surface area contributed by atoms with Crippen molar-refractivity contribution in [1.82, 2.24) is 4.98 Å². The fraction of sp³-hybridized carbons (Fsp3) is 0.333. The molecule has 1 aromatic carbocycles. The van der Waals surface area contributed by atoms with Gasteiger partial charge < -0.3 is 9.15 Å². The van der Waals surface area contributed by atoms with Gasteiger partial charge in [-0.2, -0.15) is 0 Å². The van der Waals surface area contributed by atoms with Crippen LogP contribution in [0.15, 0.2) is 22.6 Å². The summed E-state index contributed by atoms with van der Waals surface area (Å²) in [6, 6.07) is 5.94. The smallest absolute Gasteiger partial charge is 0.376 e. The molecule has 0 saturated heterocycles. The molecule has 0 atom stereocenters. The molecule has 2 aromatic rings. The quantitative estimate of drug-likeness (QED) is 0.792. The van der Waals surface area contributed by atoms with Gasteiger partial charge in [-0.25, -0.2) is 9.78 Å². The molecule has 0 aliphatic carbocycles. The van der Waals surface area contributed by atoms with E-state index in [1.165, 1.54) is 5.56 Å². The number of oxazole rings is 1. The van der Waals surface area contributed by atoms with Crippen LogP contribution in [0.4, 0.5) is 0 Å². The Labute approximate surface area is 112 Å². The molecule has 2 rings (SSSR count). The molecule has 0 bridgehead atoms. The molecular weight excluding hydrogens is 242 g/mol. The molecular formula is C15H17NO3. The Kier molecular flexibility index (Phi) is 3.69. The Balaban J connectivity index is 2.38. The van der Waals surface area contributed by atoms with E-state index in [-0.39, 0.29) is 5.76 Å². The van der Waals surface area contributed by atoms with Gasteiger partial charge in [0.05, 0.1) is 12.3 Å². The summed E-state index contributed by atoms with van der Waals surface area (Å²) in [5.41, 5.74) is 3.78. The summed E-state index contributed by atoms with van der Waals surface area (Å²) in [7, 11) is 0. The normalized spacial score (nSPS) is 10.5. The lowest BCUT2D eigenvalue weighted by atomic mass is 10.1. The van der Waals surface area contributed by atoms with Crippen LogP contribution < -0.4 is 0 Å². The van der Waals surface area contributed by atoms with Gasteiger partial charge >= 0.3 is 5.97 Å². The lowest BCUT2D eigenvalue weighted by Gasteiger charge is -2.01. The molecule has 0 amide bonds. The molecule has 4 heteroatoms. The van der Waals surface area contributed by atoms with Gasteiger partial charge in [0.15, 0.2) is 0 Å². The maximum atomic E-state index is 11.7. The molecule has 0 radical (unpaired) electrons. The second-order valence-corrected chi connectivity index (χ2v) is 4.45. The molecule has 1 heterocycles. The molecule has 100 valence electrons. The van der Waals surface area contributed by atoms with Crippen LogP contribution in [0.3, 0.4) is 0 Å². The highest BCUT2D eigenvalue weighted by molar-refractivity contribution is 5.87. The highest BCUT2D eigenvalue weighted by Crippen LogP contribution is 2.24. The van der Waals surface area contributed by atoms with Crippen LogP contribution in [-0.4, -0.2) is 17.6 Å². The summed E-state index contributed by atoms with van der Waals surface area (Å²) < 4.78 is 10.5. The number of hydrogen-bond donors (Lipinski definition) is 0. The summed E-state index contributed by atoms with van der Waals surface area (Å²) >= 11 is 0. The second kappa shape index (κ2) is 5.26. The molecule has 0 N–H and O–H groups in total. The molecule has 19 heavy (non-hydrogen) atoms. The molecule has 0 fully saturated rings. The van der Waals surface area contributed by atoms with E-state index in [1.54, 1.807) is 13.8 Å². The number of carbonyl (C=O) groups is 1. The summed E-state index contributed by atoms with van der Waals surface area (Å²) in [4.78, 5) is 16.0. The maximum Gasteiger partial charge on any atom is 0.376 e. The number of ether oxygens (including phenoxy) is 1. The van der Waals surface area contributed by atoms with E-state index in [2.05, 4.69) is 4.98 Å². The number of hydrogen-bond acceptors (Lipinski definition) is 4. The lowest BCUT2D eigenvalue weighted by Crippen LogP contribution is -2.04. The largest absolute Gasteiger partial charge is 0.460 e. The number of nitrogens with zero attached hydrogens (tertiary/aromatic N) is 1. The van der Waals surface area contributed by atoms with Crippen molar-refractivity contribution in [3.05, 3.63) is 40.8 Å². The minimum Gasteiger partial charge on any atom is -0.460 e. The zero-order valence-electron chi connectivity index (χ0n) is 11.6. The van der Waals surface area contributed by atoms with E-state index in [0.29, 0.717) is 18.2 Å². The Morgan fingerprint density at radius 1 is 1.26 bits per heavy atom. The predicted molar refractivity (Wildman–Crippen MR) is 72.1 cm³/mol. The van der Waals surface area contributed by atoms with Crippen LogP contribution >= 0.6 is 0 Å². The average molecular weight is 259 g/mol. The number of carbonyl (C=O) groups excluding carboxylic acids is 1. The first kappa shape index (κ1) is 13.3. The van der Waals surface area contributed by atoms with E-state index in [1.807, 2.05) is 32.0 Å². The Bertz CT molecular complexity index is 614. The number of aromatic nitrogens is 1. The number of esters is 1. The molecule has 0 aliphatic heterocycles. The summed E-state index contributed by atoms with van der Waals surface area (Å²) in [6.07, 6.45) is 0. The van der Waals surface area contributed by atoms with Crippen molar-refractivity contribution in [2.75, 3.05) is 6.61 Å². The monoisotopic (exact) mass is 259 g/mol. The van der Waals surface area contributed by atoms with Crippen LogP contribution in [0.25, 0.3) is 11.5 Å². The van der Waals surface area contributed by atoms with Crippen molar-refractivity contribution in [3.8, 4) is 11.5 Å². The second-order valence-electron chi connectivity index (χ2n) is 4.45. The third-order valence-electron chi connectivity index (χ3n) is 3.01. The topological polar surface area (TPSA) is 52.3 Å². The van der Waals surface area contributed by atoms with Gasteiger partial charge in [-0.15, -0.1) is 0 Å². The fourth-order valence-electron chi connectivity index (χ4n) is 1.78. The zero-order chi connectivity index (χ0) is 14.0. The van der Waals surface area contributed by atoms with Gasteiger partial charge in [0.1, 0.15) is 0 Å². The molecule has 0 unspecified atom stereocenters. The highest BCUT2D eigenvalue weighted by atomic mass is 16.5. The first-order chi connectivity index (χ1) is 9.02. The van der Waals surface area contributed by atoms with Gasteiger partial charge in [-0.05, 0) is 51.0 Å². The minimum atomic E-state index is -0.470. The van der Waals surface area contributed by atoms with E-state index < -0.39 is 5.97 Å². The molecule has 1 aromatic heterocycles. The van der Waals surface area contributed by atoms with Gasteiger partial charge in [-0.3, -0.25) is 0 Å². The fourth-order valence-corrected chi connectivity index (χ4v) is 1.78. The Morgan fingerprint density at radius 3 is 2.63 bits per heavy atom. The van der Waals surface area contributed by atoms with Crippen molar-refractivity contribution in [3.63, 3.8) is 0 Å². The first-order valence-corrected chi connectivity index (χ1v) is 6.25. The third kappa shape index (κ3) is 2.67. The number of rotatable bonds is 3. The van der Waals surface area contributed by atoms with Gasteiger partial charge in [0, 0.05) is 5.56 Å². The first-order valence-electron chi connectivity index (χ1n) is 6.25. The summed E-state index contributed by atoms with van der Waals surface area (Å²) in [5, 5.41) is 0. The van der Waals surface area contributed by atoms with Crippen LogP contribution in [0, 0.1) is 20.8 Å². The third-order valence-corrected chi connectivity index (χ3v) is 3.01. The van der Waals surface area contributed by atoms with Crippen molar-refractivity contribution in [2.24, 2.45) is 0 Å². The number of aryl methyl sites for hydroxylation is 3. The van der Waals surface area contributed by atoms with Gasteiger partial charge in [0.25, 0.3) is 0 Å². The van der Waals surface area contributed by atoms with E-state index >= 15 is 0 Å². The van der Waals surface area contributed by atoms with Crippen LogP contribution in [0.2, 0.25) is 0 Å². The van der Waals surface area contributed by atoms with Gasteiger partial charge in [-0.1, -0.05) is 6.07 Å². The SMILES string of the molecule is CCOC(=O)c1oc(-c2ccc(C)c(C)c2)nc1C. The molecule has 4 nitrogen and oxygen atoms in total. The zero-order valence-corrected chi connectivity index (χ0v) is 11.6. The Morgan fingerprint density at radius 2 is 2.00 bits per heavy atom. The van der Waals surface area contributed by atoms with E-state index in [0.717, 1.165) is 11.1 Å². The van der Waals surface area contributed by atoms with Crippen LogP contribution in [-0.2, 0) is 4.74 Å². The minimum absolute atomic E-state index is 0.176. The van der Waals surface area contributed by atoms with Crippen LogP contribution in [0.1, 0.15) is 34.3 Å².